The molecule has 1 aromatic heterocycles. The Morgan fingerprint density at radius 3 is 2.68 bits per heavy atom. The Morgan fingerprint density at radius 2 is 2.00 bits per heavy atom. The molecule has 2 heterocycles. The quantitative estimate of drug-likeness (QED) is 0.804. The van der Waals surface area contributed by atoms with Crippen molar-refractivity contribution in [2.75, 3.05) is 20.2 Å². The van der Waals surface area contributed by atoms with Gasteiger partial charge in [0.1, 0.15) is 4.88 Å². The molecular formula is C20H25NO3S. The first kappa shape index (κ1) is 18.1. The molecule has 0 radical (unpaired) electrons. The predicted molar refractivity (Wildman–Crippen MR) is 99.8 cm³/mol. The maximum atomic E-state index is 11.5. The van der Waals surface area contributed by atoms with Crippen molar-refractivity contribution >= 4 is 17.3 Å². The molecule has 0 saturated carbocycles. The van der Waals surface area contributed by atoms with Crippen LogP contribution in [0.4, 0.5) is 0 Å². The molecule has 2 aromatic rings. The van der Waals surface area contributed by atoms with E-state index in [1.807, 2.05) is 29.6 Å². The zero-order valence-electron chi connectivity index (χ0n) is 14.6. The summed E-state index contributed by atoms with van der Waals surface area (Å²) in [5.74, 6) is 0.101. The zero-order valence-corrected chi connectivity index (χ0v) is 15.4. The highest BCUT2D eigenvalue weighted by Gasteiger charge is 2.25. The number of carbonyl (C=O) groups excluding carboxylic acids is 1. The Morgan fingerprint density at radius 1 is 1.28 bits per heavy atom. The smallest absolute Gasteiger partial charge is 0.348 e. The summed E-state index contributed by atoms with van der Waals surface area (Å²) < 4.78 is 4.76. The minimum Gasteiger partial charge on any atom is -0.465 e. The van der Waals surface area contributed by atoms with Gasteiger partial charge in [0.2, 0.25) is 0 Å². The maximum Gasteiger partial charge on any atom is 0.348 e. The van der Waals surface area contributed by atoms with Gasteiger partial charge in [0.05, 0.1) is 13.2 Å². The van der Waals surface area contributed by atoms with E-state index in [9.17, 15) is 9.90 Å². The monoisotopic (exact) mass is 359 g/mol. The number of nitrogens with zero attached hydrogens (tertiary/aromatic N) is 1. The van der Waals surface area contributed by atoms with Crippen molar-refractivity contribution in [2.24, 2.45) is 5.92 Å². The number of likely N-dealkylation sites (tertiary alicyclic amines) is 1. The molecule has 0 spiro atoms. The van der Waals surface area contributed by atoms with Crippen molar-refractivity contribution in [3.8, 4) is 0 Å². The lowest BCUT2D eigenvalue weighted by atomic mass is 9.88. The number of esters is 1. The first-order valence-electron chi connectivity index (χ1n) is 8.76. The van der Waals surface area contributed by atoms with Crippen LogP contribution < -0.4 is 0 Å². The van der Waals surface area contributed by atoms with Crippen LogP contribution >= 0.6 is 11.3 Å². The average Bonchev–Trinajstić information content (AvgIpc) is 3.11. The fourth-order valence-corrected chi connectivity index (χ4v) is 4.26. The molecule has 0 unspecified atom stereocenters. The second-order valence-corrected chi connectivity index (χ2v) is 7.59. The summed E-state index contributed by atoms with van der Waals surface area (Å²) in [6.45, 7) is 2.83. The molecule has 0 aliphatic carbocycles. The topological polar surface area (TPSA) is 49.8 Å². The molecule has 3 rings (SSSR count). The van der Waals surface area contributed by atoms with Crippen LogP contribution in [0.5, 0.6) is 0 Å². The lowest BCUT2D eigenvalue weighted by molar-refractivity contribution is 0.0574. The van der Waals surface area contributed by atoms with Gasteiger partial charge in [0, 0.05) is 6.54 Å². The standard InChI is InChI=1S/C20H25NO3S/c1-24-20(23)19-12-16(14-25-19)13-21-9-7-17(8-10-21)18(22)11-15-5-3-2-4-6-15/h2-6,12,14,17-18,22H,7-11,13H2,1H3/t18-/m0/s1. The van der Waals surface area contributed by atoms with E-state index >= 15 is 0 Å². The van der Waals surface area contributed by atoms with Crippen LogP contribution in [0.3, 0.4) is 0 Å². The van der Waals surface area contributed by atoms with Crippen molar-refractivity contribution < 1.29 is 14.6 Å². The van der Waals surface area contributed by atoms with Crippen LogP contribution in [0.25, 0.3) is 0 Å². The number of hydrogen-bond acceptors (Lipinski definition) is 5. The SMILES string of the molecule is COC(=O)c1cc(CN2CCC([C@@H](O)Cc3ccccc3)CC2)cs1. The molecule has 1 aliphatic heterocycles. The number of piperidine rings is 1. The second-order valence-electron chi connectivity index (χ2n) is 6.68. The number of carbonyl (C=O) groups is 1. The highest BCUT2D eigenvalue weighted by molar-refractivity contribution is 7.12. The van der Waals surface area contributed by atoms with Crippen LogP contribution in [0.15, 0.2) is 41.8 Å². The normalized spacial score (nSPS) is 17.4. The number of benzene rings is 1. The summed E-state index contributed by atoms with van der Waals surface area (Å²) in [6, 6.07) is 12.1. The summed E-state index contributed by atoms with van der Waals surface area (Å²) in [4.78, 5) is 14.6. The largest absolute Gasteiger partial charge is 0.465 e. The van der Waals surface area contributed by atoms with Gasteiger partial charge in [-0.05, 0) is 60.8 Å². The summed E-state index contributed by atoms with van der Waals surface area (Å²) in [7, 11) is 1.41. The van der Waals surface area contributed by atoms with Crippen molar-refractivity contribution in [1.82, 2.24) is 4.90 Å². The summed E-state index contributed by atoms with van der Waals surface area (Å²) in [5, 5.41) is 12.6. The van der Waals surface area contributed by atoms with Crippen molar-refractivity contribution in [1.29, 1.82) is 0 Å². The number of aliphatic hydroxyl groups excluding tert-OH is 1. The third kappa shape index (κ3) is 4.91. The Hall–Kier alpha value is -1.69. The van der Waals surface area contributed by atoms with Crippen LogP contribution in [-0.2, 0) is 17.7 Å². The molecule has 0 amide bonds. The molecule has 25 heavy (non-hydrogen) atoms. The van der Waals surface area contributed by atoms with Crippen LogP contribution in [-0.4, -0.2) is 42.3 Å². The summed E-state index contributed by atoms with van der Waals surface area (Å²) in [6.07, 6.45) is 2.50. The fraction of sp³-hybridized carbons (Fsp3) is 0.450. The number of thiophene rings is 1. The van der Waals surface area contributed by atoms with E-state index in [0.29, 0.717) is 10.8 Å². The highest BCUT2D eigenvalue weighted by atomic mass is 32.1. The molecule has 1 fully saturated rings. The van der Waals surface area contributed by atoms with Gasteiger partial charge in [-0.3, -0.25) is 4.90 Å². The first-order chi connectivity index (χ1) is 12.2. The fourth-order valence-electron chi connectivity index (χ4n) is 3.44. The minimum absolute atomic E-state index is 0.265. The number of ether oxygens (including phenoxy) is 1. The van der Waals surface area contributed by atoms with Crippen LogP contribution in [0.2, 0.25) is 0 Å². The lowest BCUT2D eigenvalue weighted by Crippen LogP contribution is -2.38. The predicted octanol–water partition coefficient (Wildman–Crippen LogP) is 3.35. The Bertz CT molecular complexity index is 677. The van der Waals surface area contributed by atoms with Gasteiger partial charge >= 0.3 is 5.97 Å². The van der Waals surface area contributed by atoms with E-state index in [1.165, 1.54) is 24.0 Å². The number of methoxy groups -OCH3 is 1. The van der Waals surface area contributed by atoms with E-state index in [-0.39, 0.29) is 12.1 Å². The third-order valence-corrected chi connectivity index (χ3v) is 5.87. The molecule has 1 aliphatic rings. The molecule has 1 aromatic carbocycles. The first-order valence-corrected chi connectivity index (χ1v) is 9.63. The summed E-state index contributed by atoms with van der Waals surface area (Å²) in [5.41, 5.74) is 2.36. The van der Waals surface area contributed by atoms with Crippen LogP contribution in [0, 0.1) is 5.92 Å². The lowest BCUT2D eigenvalue weighted by Gasteiger charge is -2.34. The number of rotatable bonds is 6. The Labute approximate surface area is 153 Å². The number of aliphatic hydroxyl groups is 1. The van der Waals surface area contributed by atoms with E-state index in [1.54, 1.807) is 0 Å². The van der Waals surface area contributed by atoms with Gasteiger partial charge in [0.15, 0.2) is 0 Å². The van der Waals surface area contributed by atoms with E-state index in [0.717, 1.165) is 44.5 Å². The molecular weight excluding hydrogens is 334 g/mol. The van der Waals surface area contributed by atoms with Gasteiger partial charge in [-0.2, -0.15) is 0 Å². The molecule has 5 heteroatoms. The molecule has 134 valence electrons. The van der Waals surface area contributed by atoms with Gasteiger partial charge in [-0.15, -0.1) is 11.3 Å². The highest BCUT2D eigenvalue weighted by Crippen LogP contribution is 2.25. The van der Waals surface area contributed by atoms with Gasteiger partial charge < -0.3 is 9.84 Å². The molecule has 1 N–H and O–H groups in total. The van der Waals surface area contributed by atoms with Crippen molar-refractivity contribution in [3.63, 3.8) is 0 Å². The minimum atomic E-state index is -0.267. The van der Waals surface area contributed by atoms with Gasteiger partial charge in [-0.25, -0.2) is 4.79 Å². The zero-order chi connectivity index (χ0) is 17.6. The molecule has 1 saturated heterocycles. The second kappa shape index (κ2) is 8.61. The van der Waals surface area contributed by atoms with Crippen LogP contribution in [0.1, 0.15) is 33.6 Å². The Kier molecular flexibility index (Phi) is 6.24. The van der Waals surface area contributed by atoms with Crippen molar-refractivity contribution in [3.05, 3.63) is 57.8 Å². The molecule has 1 atom stereocenters. The number of hydrogen-bond donors (Lipinski definition) is 1. The van der Waals surface area contributed by atoms with Crippen molar-refractivity contribution in [2.45, 2.75) is 31.9 Å². The molecule has 0 bridgehead atoms. The maximum absolute atomic E-state index is 11.5. The van der Waals surface area contributed by atoms with E-state index in [4.69, 9.17) is 4.74 Å². The molecule has 4 nitrogen and oxygen atoms in total. The Balaban J connectivity index is 1.47. The summed E-state index contributed by atoms with van der Waals surface area (Å²) >= 11 is 1.44. The van der Waals surface area contributed by atoms with Gasteiger partial charge in [-0.1, -0.05) is 30.3 Å². The van der Waals surface area contributed by atoms with Gasteiger partial charge in [0.25, 0.3) is 0 Å². The van der Waals surface area contributed by atoms with E-state index < -0.39 is 0 Å². The van der Waals surface area contributed by atoms with E-state index in [2.05, 4.69) is 17.0 Å². The third-order valence-electron chi connectivity index (χ3n) is 4.91. The average molecular weight is 359 g/mol.